The minimum Gasteiger partial charge on any atom is -0.325 e. The maximum atomic E-state index is 12.8. The van der Waals surface area contributed by atoms with Gasteiger partial charge >= 0.3 is 0 Å². The van der Waals surface area contributed by atoms with Gasteiger partial charge in [0.1, 0.15) is 5.41 Å². The molecule has 4 heteroatoms. The van der Waals surface area contributed by atoms with Crippen molar-refractivity contribution in [3.05, 3.63) is 59.2 Å². The second-order valence-corrected chi connectivity index (χ2v) is 6.81. The van der Waals surface area contributed by atoms with Crippen LogP contribution in [0, 0.1) is 19.3 Å². The largest absolute Gasteiger partial charge is 0.325 e. The van der Waals surface area contributed by atoms with Gasteiger partial charge in [0.05, 0.1) is 0 Å². The molecule has 25 heavy (non-hydrogen) atoms. The lowest BCUT2D eigenvalue weighted by atomic mass is 10.0. The highest BCUT2D eigenvalue weighted by molar-refractivity contribution is 6.17. The lowest BCUT2D eigenvalue weighted by Gasteiger charge is -2.18. The van der Waals surface area contributed by atoms with E-state index in [0.29, 0.717) is 12.8 Å². The molecule has 0 radical (unpaired) electrons. The predicted molar refractivity (Wildman–Crippen MR) is 101 cm³/mol. The first-order valence-corrected chi connectivity index (χ1v) is 8.74. The number of aryl methyl sites for hydroxylation is 3. The Morgan fingerprint density at radius 1 is 0.920 bits per heavy atom. The van der Waals surface area contributed by atoms with E-state index in [1.165, 1.54) is 5.56 Å². The summed E-state index contributed by atoms with van der Waals surface area (Å²) in [5, 5.41) is 5.86. The first-order chi connectivity index (χ1) is 12.0. The number of benzene rings is 2. The van der Waals surface area contributed by atoms with Crippen molar-refractivity contribution in [1.82, 2.24) is 0 Å². The minimum absolute atomic E-state index is 0.215. The molecule has 2 aromatic rings. The quantitative estimate of drug-likeness (QED) is 0.803. The first-order valence-electron chi connectivity index (χ1n) is 8.74. The van der Waals surface area contributed by atoms with E-state index in [1.54, 1.807) is 0 Å². The number of hydrogen-bond acceptors (Lipinski definition) is 2. The van der Waals surface area contributed by atoms with Gasteiger partial charge in [-0.1, -0.05) is 37.3 Å². The second kappa shape index (κ2) is 6.71. The van der Waals surface area contributed by atoms with E-state index in [0.717, 1.165) is 28.9 Å². The molecule has 0 bridgehead atoms. The fourth-order valence-electron chi connectivity index (χ4n) is 3.00. The Balaban J connectivity index is 1.72. The van der Waals surface area contributed by atoms with Crippen molar-refractivity contribution in [2.45, 2.75) is 40.0 Å². The van der Waals surface area contributed by atoms with E-state index >= 15 is 0 Å². The van der Waals surface area contributed by atoms with Crippen molar-refractivity contribution >= 4 is 23.2 Å². The molecular weight excluding hydrogens is 312 g/mol. The molecule has 0 aromatic heterocycles. The molecule has 0 aliphatic heterocycles. The van der Waals surface area contributed by atoms with Crippen LogP contribution in [0.5, 0.6) is 0 Å². The smallest absolute Gasteiger partial charge is 0.240 e. The summed E-state index contributed by atoms with van der Waals surface area (Å²) in [6.45, 7) is 6.00. The average molecular weight is 336 g/mol. The predicted octanol–water partition coefficient (Wildman–Crippen LogP) is 4.22. The van der Waals surface area contributed by atoms with Gasteiger partial charge in [0.2, 0.25) is 11.8 Å². The van der Waals surface area contributed by atoms with Crippen LogP contribution in [0.4, 0.5) is 11.4 Å². The van der Waals surface area contributed by atoms with Crippen molar-refractivity contribution < 1.29 is 9.59 Å². The Morgan fingerprint density at radius 2 is 1.48 bits per heavy atom. The molecule has 0 atom stereocenters. The van der Waals surface area contributed by atoms with Gasteiger partial charge in [0.15, 0.2) is 0 Å². The molecule has 2 aromatic carbocycles. The van der Waals surface area contributed by atoms with E-state index in [4.69, 9.17) is 0 Å². The zero-order chi connectivity index (χ0) is 18.0. The van der Waals surface area contributed by atoms with Gasteiger partial charge < -0.3 is 10.6 Å². The first kappa shape index (κ1) is 17.2. The van der Waals surface area contributed by atoms with E-state index < -0.39 is 5.41 Å². The maximum absolute atomic E-state index is 12.8. The molecule has 4 nitrogen and oxygen atoms in total. The van der Waals surface area contributed by atoms with E-state index in [-0.39, 0.29) is 11.8 Å². The molecule has 130 valence electrons. The van der Waals surface area contributed by atoms with Gasteiger partial charge in [-0.2, -0.15) is 0 Å². The molecule has 2 amide bonds. The highest BCUT2D eigenvalue weighted by Crippen LogP contribution is 2.47. The van der Waals surface area contributed by atoms with E-state index in [9.17, 15) is 9.59 Å². The van der Waals surface area contributed by atoms with Crippen molar-refractivity contribution in [3.63, 3.8) is 0 Å². The van der Waals surface area contributed by atoms with Crippen LogP contribution >= 0.6 is 0 Å². The molecule has 0 heterocycles. The third kappa shape index (κ3) is 3.43. The number of carbonyl (C=O) groups is 2. The lowest BCUT2D eigenvalue weighted by molar-refractivity contribution is -0.131. The summed E-state index contributed by atoms with van der Waals surface area (Å²) in [7, 11) is 0. The molecule has 0 spiro atoms. The summed E-state index contributed by atoms with van der Waals surface area (Å²) in [5.41, 5.74) is 3.80. The Hall–Kier alpha value is -2.62. The van der Waals surface area contributed by atoms with Crippen molar-refractivity contribution in [1.29, 1.82) is 0 Å². The highest BCUT2D eigenvalue weighted by atomic mass is 16.2. The third-order valence-corrected chi connectivity index (χ3v) is 4.96. The lowest BCUT2D eigenvalue weighted by Crippen LogP contribution is -2.36. The SMILES string of the molecule is CCc1ccc(NC(=O)C2(C(=O)Nc3c(C)cccc3C)CC2)cc1. The van der Waals surface area contributed by atoms with Crippen LogP contribution in [0.25, 0.3) is 0 Å². The summed E-state index contributed by atoms with van der Waals surface area (Å²) >= 11 is 0. The monoisotopic (exact) mass is 336 g/mol. The summed E-state index contributed by atoms with van der Waals surface area (Å²) in [4.78, 5) is 25.4. The zero-order valence-corrected chi connectivity index (χ0v) is 15.0. The van der Waals surface area contributed by atoms with Gasteiger partial charge in [0, 0.05) is 11.4 Å². The number of nitrogens with one attached hydrogen (secondary N) is 2. The second-order valence-electron chi connectivity index (χ2n) is 6.81. The van der Waals surface area contributed by atoms with Gasteiger partial charge in [-0.15, -0.1) is 0 Å². The van der Waals surface area contributed by atoms with Gasteiger partial charge in [-0.05, 0) is 61.9 Å². The van der Waals surface area contributed by atoms with Crippen LogP contribution in [-0.2, 0) is 16.0 Å². The zero-order valence-electron chi connectivity index (χ0n) is 15.0. The highest BCUT2D eigenvalue weighted by Gasteiger charge is 2.56. The maximum Gasteiger partial charge on any atom is 0.240 e. The summed E-state index contributed by atoms with van der Waals surface area (Å²) < 4.78 is 0. The minimum atomic E-state index is -0.946. The summed E-state index contributed by atoms with van der Waals surface area (Å²) in [5.74, 6) is -0.437. The fraction of sp³-hybridized carbons (Fsp3) is 0.333. The van der Waals surface area contributed by atoms with Gasteiger partial charge in [-0.25, -0.2) is 0 Å². The van der Waals surface area contributed by atoms with Crippen molar-refractivity contribution in [2.24, 2.45) is 5.41 Å². The van der Waals surface area contributed by atoms with Crippen LogP contribution in [0.3, 0.4) is 0 Å². The standard InChI is InChI=1S/C21H24N2O2/c1-4-16-8-10-17(11-9-16)22-19(24)21(12-13-21)20(25)23-18-14(2)6-5-7-15(18)3/h5-11H,4,12-13H2,1-3H3,(H,22,24)(H,23,25). The Labute approximate surface area is 148 Å². The van der Waals surface area contributed by atoms with Crippen molar-refractivity contribution in [2.75, 3.05) is 10.6 Å². The molecule has 0 unspecified atom stereocenters. The molecule has 1 saturated carbocycles. The number of para-hydroxylation sites is 1. The van der Waals surface area contributed by atoms with Crippen LogP contribution < -0.4 is 10.6 Å². The fourth-order valence-corrected chi connectivity index (χ4v) is 3.00. The Morgan fingerprint density at radius 3 is 2.00 bits per heavy atom. The van der Waals surface area contributed by atoms with Crippen molar-refractivity contribution in [3.8, 4) is 0 Å². The average Bonchev–Trinajstić information content (AvgIpc) is 3.41. The number of anilines is 2. The normalized spacial score (nSPS) is 14.7. The van der Waals surface area contributed by atoms with Crippen LogP contribution in [0.1, 0.15) is 36.5 Å². The van der Waals surface area contributed by atoms with Gasteiger partial charge in [-0.3, -0.25) is 9.59 Å². The molecule has 0 saturated heterocycles. The Kier molecular flexibility index (Phi) is 4.62. The third-order valence-electron chi connectivity index (χ3n) is 4.96. The Bertz CT molecular complexity index is 785. The van der Waals surface area contributed by atoms with Gasteiger partial charge in [0.25, 0.3) is 0 Å². The number of hydrogen-bond donors (Lipinski definition) is 2. The molecule has 1 aliphatic carbocycles. The molecule has 1 fully saturated rings. The van der Waals surface area contributed by atoms with Crippen LogP contribution in [-0.4, -0.2) is 11.8 Å². The summed E-state index contributed by atoms with van der Waals surface area (Å²) in [6, 6.07) is 13.6. The molecule has 3 rings (SSSR count). The van der Waals surface area contributed by atoms with E-state index in [1.807, 2.05) is 56.3 Å². The molecule has 1 aliphatic rings. The number of rotatable bonds is 5. The van der Waals surface area contributed by atoms with Crippen LogP contribution in [0.15, 0.2) is 42.5 Å². The molecular formula is C21H24N2O2. The van der Waals surface area contributed by atoms with Crippen LogP contribution in [0.2, 0.25) is 0 Å². The number of carbonyl (C=O) groups excluding carboxylic acids is 2. The molecule has 2 N–H and O–H groups in total. The van der Waals surface area contributed by atoms with E-state index in [2.05, 4.69) is 17.6 Å². The number of amides is 2. The summed E-state index contributed by atoms with van der Waals surface area (Å²) in [6.07, 6.45) is 2.13. The topological polar surface area (TPSA) is 58.2 Å².